The van der Waals surface area contributed by atoms with Gasteiger partial charge in [-0.2, -0.15) is 0 Å². The molecule has 3 atom stereocenters. The van der Waals surface area contributed by atoms with Gasteiger partial charge in [-0.1, -0.05) is 20.3 Å². The summed E-state index contributed by atoms with van der Waals surface area (Å²) in [5, 5.41) is 6.88. The molecule has 3 rings (SSSR count). The maximum Gasteiger partial charge on any atom is 0.222 e. The molecule has 3 saturated heterocycles. The first-order valence-corrected chi connectivity index (χ1v) is 12.1. The minimum absolute atomic E-state index is 0. The molecule has 184 valence electrons. The lowest BCUT2D eigenvalue weighted by Crippen LogP contribution is -2.50. The highest BCUT2D eigenvalue weighted by atomic mass is 127. The van der Waals surface area contributed by atoms with E-state index >= 15 is 0 Å². The van der Waals surface area contributed by atoms with Crippen molar-refractivity contribution < 1.29 is 14.3 Å². The summed E-state index contributed by atoms with van der Waals surface area (Å²) in [6.45, 7) is 7.65. The number of hydrogen-bond acceptors (Lipinski definition) is 4. The number of aliphatic imine (C=N–C) groups is 1. The zero-order chi connectivity index (χ0) is 22.2. The average Bonchev–Trinajstić information content (AvgIpc) is 3.38. The number of guanidine groups is 1. The fourth-order valence-corrected chi connectivity index (χ4v) is 4.79. The fourth-order valence-electron chi connectivity index (χ4n) is 4.79. The Kier molecular flexibility index (Phi) is 11.5. The number of piperazine rings is 1. The molecular formula is C23H42IN5O3. The SMILES string of the molecule is CN=C(NCCCCCC(=O)N1CCN(C(=O)CC(C)C)CC1)NC1CC2CCC1O2.I. The number of nitrogens with one attached hydrogen (secondary N) is 2. The number of hydrogen-bond donors (Lipinski definition) is 2. The largest absolute Gasteiger partial charge is 0.373 e. The number of carbonyl (C=O) groups is 2. The van der Waals surface area contributed by atoms with Gasteiger partial charge in [0.15, 0.2) is 5.96 Å². The topological polar surface area (TPSA) is 86.3 Å². The first kappa shape index (κ1) is 27.1. The minimum atomic E-state index is 0. The van der Waals surface area contributed by atoms with Crippen LogP contribution in [0.15, 0.2) is 4.99 Å². The van der Waals surface area contributed by atoms with E-state index in [4.69, 9.17) is 4.74 Å². The monoisotopic (exact) mass is 563 g/mol. The van der Waals surface area contributed by atoms with Crippen LogP contribution in [-0.2, 0) is 14.3 Å². The normalized spacial score (nSPS) is 25.1. The zero-order valence-electron chi connectivity index (χ0n) is 20.0. The van der Waals surface area contributed by atoms with Crippen molar-refractivity contribution >= 4 is 41.8 Å². The fraction of sp³-hybridized carbons (Fsp3) is 0.870. The Morgan fingerprint density at radius 3 is 2.28 bits per heavy atom. The molecule has 3 aliphatic heterocycles. The van der Waals surface area contributed by atoms with Crippen LogP contribution in [0.3, 0.4) is 0 Å². The van der Waals surface area contributed by atoms with E-state index in [2.05, 4.69) is 29.5 Å². The Labute approximate surface area is 210 Å². The molecule has 3 aliphatic rings. The van der Waals surface area contributed by atoms with E-state index in [-0.39, 0.29) is 35.8 Å². The summed E-state index contributed by atoms with van der Waals surface area (Å²) >= 11 is 0. The Morgan fingerprint density at radius 2 is 1.72 bits per heavy atom. The van der Waals surface area contributed by atoms with Crippen LogP contribution in [0.25, 0.3) is 0 Å². The number of carbonyl (C=O) groups excluding carboxylic acids is 2. The summed E-state index contributed by atoms with van der Waals surface area (Å²) < 4.78 is 5.89. The van der Waals surface area contributed by atoms with E-state index in [1.54, 1.807) is 7.05 Å². The van der Waals surface area contributed by atoms with Gasteiger partial charge in [-0.05, 0) is 38.0 Å². The molecule has 32 heavy (non-hydrogen) atoms. The van der Waals surface area contributed by atoms with Crippen LogP contribution >= 0.6 is 24.0 Å². The van der Waals surface area contributed by atoms with Crippen LogP contribution in [0.1, 0.15) is 65.2 Å². The van der Waals surface area contributed by atoms with Crippen molar-refractivity contribution in [3.8, 4) is 0 Å². The van der Waals surface area contributed by atoms with Crippen molar-refractivity contribution in [3.63, 3.8) is 0 Å². The van der Waals surface area contributed by atoms with E-state index in [0.717, 1.165) is 44.6 Å². The molecule has 3 fully saturated rings. The molecule has 9 heteroatoms. The molecule has 2 bridgehead atoms. The van der Waals surface area contributed by atoms with Crippen molar-refractivity contribution in [2.75, 3.05) is 39.8 Å². The number of fused-ring (bicyclic) bond motifs is 2. The number of nitrogens with zero attached hydrogens (tertiary/aromatic N) is 3. The van der Waals surface area contributed by atoms with E-state index in [9.17, 15) is 9.59 Å². The number of amides is 2. The van der Waals surface area contributed by atoms with Crippen LogP contribution in [0.4, 0.5) is 0 Å². The highest BCUT2D eigenvalue weighted by Gasteiger charge is 2.41. The summed E-state index contributed by atoms with van der Waals surface area (Å²) in [5.41, 5.74) is 0. The van der Waals surface area contributed by atoms with Crippen LogP contribution < -0.4 is 10.6 Å². The highest BCUT2D eigenvalue weighted by Crippen LogP contribution is 2.34. The van der Waals surface area contributed by atoms with Crippen molar-refractivity contribution in [1.29, 1.82) is 0 Å². The molecule has 0 saturated carbocycles. The number of halogens is 1. The first-order valence-electron chi connectivity index (χ1n) is 12.1. The van der Waals surface area contributed by atoms with Crippen LogP contribution in [0, 0.1) is 5.92 Å². The lowest BCUT2D eigenvalue weighted by molar-refractivity contribution is -0.140. The maximum atomic E-state index is 12.5. The van der Waals surface area contributed by atoms with Gasteiger partial charge in [0, 0.05) is 52.6 Å². The predicted octanol–water partition coefficient (Wildman–Crippen LogP) is 2.37. The Morgan fingerprint density at radius 1 is 1.03 bits per heavy atom. The average molecular weight is 564 g/mol. The van der Waals surface area contributed by atoms with Crippen LogP contribution in [0.5, 0.6) is 0 Å². The van der Waals surface area contributed by atoms with E-state index in [1.165, 1.54) is 6.42 Å². The van der Waals surface area contributed by atoms with Crippen molar-refractivity contribution in [2.45, 2.75) is 83.5 Å². The third-order valence-corrected chi connectivity index (χ3v) is 6.58. The van der Waals surface area contributed by atoms with Gasteiger partial charge >= 0.3 is 0 Å². The molecule has 0 spiro atoms. The van der Waals surface area contributed by atoms with E-state index in [0.29, 0.717) is 63.2 Å². The number of unbranched alkanes of at least 4 members (excludes halogenated alkanes) is 2. The molecule has 8 nitrogen and oxygen atoms in total. The summed E-state index contributed by atoms with van der Waals surface area (Å²) in [4.78, 5) is 32.8. The summed E-state index contributed by atoms with van der Waals surface area (Å²) in [5.74, 6) is 1.66. The van der Waals surface area contributed by atoms with E-state index < -0.39 is 0 Å². The standard InChI is InChI=1S/C23H41N5O3.HI/c1-17(2)15-22(30)28-13-11-27(12-14-28)21(29)7-5-4-6-10-25-23(24-3)26-19-16-18-8-9-20(19)31-18;/h17-20H,4-16H2,1-3H3,(H2,24,25,26);1H. The second kappa shape index (κ2) is 13.6. The molecule has 3 heterocycles. The van der Waals surface area contributed by atoms with Crippen molar-refractivity contribution in [2.24, 2.45) is 10.9 Å². The minimum Gasteiger partial charge on any atom is -0.373 e. The summed E-state index contributed by atoms with van der Waals surface area (Å²) in [6.07, 6.45) is 8.31. The van der Waals surface area contributed by atoms with Crippen LogP contribution in [-0.4, -0.2) is 85.6 Å². The smallest absolute Gasteiger partial charge is 0.222 e. The Hall–Kier alpha value is -1.10. The summed E-state index contributed by atoms with van der Waals surface area (Å²) in [6, 6.07) is 0.378. The van der Waals surface area contributed by atoms with Crippen molar-refractivity contribution in [1.82, 2.24) is 20.4 Å². The second-order valence-electron chi connectivity index (χ2n) is 9.53. The lowest BCUT2D eigenvalue weighted by atomic mass is 9.96. The highest BCUT2D eigenvalue weighted by molar-refractivity contribution is 14.0. The molecule has 3 unspecified atom stereocenters. The van der Waals surface area contributed by atoms with Gasteiger partial charge < -0.3 is 25.2 Å². The Balaban J connectivity index is 0.00000363. The number of rotatable bonds is 9. The van der Waals surface area contributed by atoms with Crippen LogP contribution in [0.2, 0.25) is 0 Å². The predicted molar refractivity (Wildman–Crippen MR) is 137 cm³/mol. The molecule has 0 aromatic rings. The number of ether oxygens (including phenoxy) is 1. The molecule has 0 aliphatic carbocycles. The first-order chi connectivity index (χ1) is 15.0. The summed E-state index contributed by atoms with van der Waals surface area (Å²) in [7, 11) is 1.80. The third kappa shape index (κ3) is 8.04. The van der Waals surface area contributed by atoms with Gasteiger partial charge in [0.25, 0.3) is 0 Å². The zero-order valence-corrected chi connectivity index (χ0v) is 22.3. The van der Waals surface area contributed by atoms with Crippen molar-refractivity contribution in [3.05, 3.63) is 0 Å². The van der Waals surface area contributed by atoms with Gasteiger partial charge in [0.05, 0.1) is 18.2 Å². The molecule has 2 N–H and O–H groups in total. The van der Waals surface area contributed by atoms with Gasteiger partial charge in [0.1, 0.15) is 0 Å². The van der Waals surface area contributed by atoms with Gasteiger partial charge in [-0.3, -0.25) is 14.6 Å². The molecule has 0 aromatic heterocycles. The molecule has 2 amide bonds. The van der Waals surface area contributed by atoms with Gasteiger partial charge in [0.2, 0.25) is 11.8 Å². The maximum absolute atomic E-state index is 12.5. The second-order valence-corrected chi connectivity index (χ2v) is 9.53. The van der Waals surface area contributed by atoms with Gasteiger partial charge in [-0.25, -0.2) is 0 Å². The molecule has 0 radical (unpaired) electrons. The lowest BCUT2D eigenvalue weighted by Gasteiger charge is -2.35. The molecular weight excluding hydrogens is 521 g/mol. The van der Waals surface area contributed by atoms with Gasteiger partial charge in [-0.15, -0.1) is 24.0 Å². The van der Waals surface area contributed by atoms with E-state index in [1.807, 2.05) is 9.80 Å². The quantitative estimate of drug-likeness (QED) is 0.195. The Bertz CT molecular complexity index is 637. The molecule has 0 aromatic carbocycles. The third-order valence-electron chi connectivity index (χ3n) is 6.58.